The molecule has 0 saturated carbocycles. The van der Waals surface area contributed by atoms with E-state index in [1.807, 2.05) is 0 Å². The predicted octanol–water partition coefficient (Wildman–Crippen LogP) is 2.68. The number of halogens is 3. The maximum atomic E-state index is 13.3. The first-order valence-corrected chi connectivity index (χ1v) is 6.63. The summed E-state index contributed by atoms with van der Waals surface area (Å²) in [7, 11) is 0.619. The highest BCUT2D eigenvalue weighted by Crippen LogP contribution is 2.27. The minimum Gasteiger partial charge on any atom is -0.488 e. The van der Waals surface area contributed by atoms with E-state index >= 15 is 0 Å². The summed E-state index contributed by atoms with van der Waals surface area (Å²) >= 11 is 0. The summed E-state index contributed by atoms with van der Waals surface area (Å²) in [5, 5.41) is 0. The third-order valence-corrected chi connectivity index (χ3v) is 2.98. The molecule has 0 fully saturated rings. The highest BCUT2D eigenvalue weighted by atomic mass is 35.7. The van der Waals surface area contributed by atoms with Crippen LogP contribution in [-0.4, -0.2) is 14.5 Å². The van der Waals surface area contributed by atoms with E-state index in [-0.39, 0.29) is 11.9 Å². The molecule has 3 nitrogen and oxygen atoms in total. The molecule has 0 aliphatic heterocycles. The smallest absolute Gasteiger partial charge is 0.264 e. The average Bonchev–Trinajstić information content (AvgIpc) is 2.10. The van der Waals surface area contributed by atoms with Crippen LogP contribution in [0.2, 0.25) is 0 Å². The van der Waals surface area contributed by atoms with Crippen molar-refractivity contribution in [1.82, 2.24) is 0 Å². The Morgan fingerprint density at radius 3 is 2.25 bits per heavy atom. The van der Waals surface area contributed by atoms with E-state index in [1.54, 1.807) is 13.8 Å². The van der Waals surface area contributed by atoms with Crippen molar-refractivity contribution in [1.29, 1.82) is 0 Å². The van der Waals surface area contributed by atoms with Gasteiger partial charge in [0.1, 0.15) is 4.90 Å². The molecule has 7 heteroatoms. The molecule has 0 saturated heterocycles. The molecule has 0 amide bonds. The largest absolute Gasteiger partial charge is 0.488 e. The number of benzene rings is 1. The molecule has 0 spiro atoms. The molecule has 16 heavy (non-hydrogen) atoms. The van der Waals surface area contributed by atoms with Gasteiger partial charge in [-0.05, 0) is 26.0 Å². The van der Waals surface area contributed by atoms with Crippen LogP contribution in [0.15, 0.2) is 17.0 Å². The highest BCUT2D eigenvalue weighted by molar-refractivity contribution is 8.13. The molecule has 0 N–H and O–H groups in total. The van der Waals surface area contributed by atoms with Crippen LogP contribution in [0.1, 0.15) is 13.8 Å². The number of hydrogen-bond acceptors (Lipinski definition) is 3. The lowest BCUT2D eigenvalue weighted by Gasteiger charge is -2.11. The topological polar surface area (TPSA) is 43.4 Å². The molecule has 0 aromatic heterocycles. The minimum atomic E-state index is -4.30. The van der Waals surface area contributed by atoms with Gasteiger partial charge in [-0.25, -0.2) is 12.8 Å². The van der Waals surface area contributed by atoms with Crippen LogP contribution in [0.25, 0.3) is 0 Å². The Hall–Kier alpha value is -0.880. The summed E-state index contributed by atoms with van der Waals surface area (Å²) in [6.07, 6.45) is -0.354. The second-order valence-corrected chi connectivity index (χ2v) is 5.83. The summed E-state index contributed by atoms with van der Waals surface area (Å²) in [4.78, 5) is -0.900. The van der Waals surface area contributed by atoms with Gasteiger partial charge in [0, 0.05) is 10.7 Å². The van der Waals surface area contributed by atoms with Crippen LogP contribution in [0.4, 0.5) is 8.78 Å². The van der Waals surface area contributed by atoms with Crippen molar-refractivity contribution in [2.45, 2.75) is 24.8 Å². The predicted molar refractivity (Wildman–Crippen MR) is 55.2 cm³/mol. The molecule has 0 heterocycles. The normalized spacial score (nSPS) is 11.9. The monoisotopic (exact) mass is 270 g/mol. The molecule has 0 unspecified atom stereocenters. The average molecular weight is 271 g/mol. The Morgan fingerprint density at radius 2 is 1.81 bits per heavy atom. The van der Waals surface area contributed by atoms with Crippen LogP contribution >= 0.6 is 10.7 Å². The van der Waals surface area contributed by atoms with Crippen molar-refractivity contribution in [3.05, 3.63) is 23.8 Å². The summed E-state index contributed by atoms with van der Waals surface area (Å²) in [6.45, 7) is 3.26. The van der Waals surface area contributed by atoms with Crippen LogP contribution in [-0.2, 0) is 9.05 Å². The first kappa shape index (κ1) is 13.2. The van der Waals surface area contributed by atoms with E-state index in [4.69, 9.17) is 15.4 Å². The van der Waals surface area contributed by atoms with E-state index in [0.29, 0.717) is 0 Å². The van der Waals surface area contributed by atoms with Gasteiger partial charge in [0.25, 0.3) is 9.05 Å². The van der Waals surface area contributed by atoms with E-state index in [2.05, 4.69) is 0 Å². The molecule has 0 aliphatic carbocycles. The van der Waals surface area contributed by atoms with Crippen molar-refractivity contribution in [2.75, 3.05) is 0 Å². The van der Waals surface area contributed by atoms with Crippen molar-refractivity contribution < 1.29 is 21.9 Å². The third kappa shape index (κ3) is 2.82. The van der Waals surface area contributed by atoms with Crippen molar-refractivity contribution in [3.63, 3.8) is 0 Å². The molecule has 1 aromatic carbocycles. The summed E-state index contributed by atoms with van der Waals surface area (Å²) in [6, 6.07) is 1.88. The fourth-order valence-electron chi connectivity index (χ4n) is 1.05. The maximum Gasteiger partial charge on any atom is 0.264 e. The summed E-state index contributed by atoms with van der Waals surface area (Å²) < 4.78 is 53.3. The first-order valence-electron chi connectivity index (χ1n) is 4.32. The van der Waals surface area contributed by atoms with Crippen molar-refractivity contribution >= 4 is 19.7 Å². The molecular weight excluding hydrogens is 262 g/mol. The molecule has 1 rings (SSSR count). The highest BCUT2D eigenvalue weighted by Gasteiger charge is 2.22. The van der Waals surface area contributed by atoms with E-state index in [0.717, 1.165) is 12.1 Å². The van der Waals surface area contributed by atoms with Gasteiger partial charge in [-0.15, -0.1) is 0 Å². The minimum absolute atomic E-state index is 0.350. The second kappa shape index (κ2) is 4.55. The van der Waals surface area contributed by atoms with Crippen LogP contribution in [0.3, 0.4) is 0 Å². The fraction of sp³-hybridized carbons (Fsp3) is 0.333. The van der Waals surface area contributed by atoms with Gasteiger partial charge < -0.3 is 4.74 Å². The SMILES string of the molecule is CC(C)Oc1ccc(S(=O)(=O)Cl)c(F)c1F. The molecule has 1 aromatic rings. The zero-order chi connectivity index (χ0) is 12.5. The Bertz CT molecular complexity index is 500. The second-order valence-electron chi connectivity index (χ2n) is 3.29. The fourth-order valence-corrected chi connectivity index (χ4v) is 1.94. The lowest BCUT2D eigenvalue weighted by atomic mass is 10.3. The van der Waals surface area contributed by atoms with Crippen LogP contribution in [0, 0.1) is 11.6 Å². The number of rotatable bonds is 3. The summed E-state index contributed by atoms with van der Waals surface area (Å²) in [5.74, 6) is -3.25. The molecule has 90 valence electrons. The Balaban J connectivity index is 3.29. The lowest BCUT2D eigenvalue weighted by Crippen LogP contribution is -2.09. The van der Waals surface area contributed by atoms with Gasteiger partial charge in [-0.1, -0.05) is 0 Å². The third-order valence-electron chi connectivity index (χ3n) is 1.64. The maximum absolute atomic E-state index is 13.3. The standard InChI is InChI=1S/C9H9ClF2O3S/c1-5(2)15-6-3-4-7(16(10,13)14)9(12)8(6)11/h3-5H,1-2H3. The van der Waals surface area contributed by atoms with Gasteiger partial charge in [0.05, 0.1) is 6.10 Å². The van der Waals surface area contributed by atoms with Gasteiger partial charge in [0.15, 0.2) is 11.6 Å². The van der Waals surface area contributed by atoms with E-state index in [1.165, 1.54) is 0 Å². The quantitative estimate of drug-likeness (QED) is 0.793. The van der Waals surface area contributed by atoms with Gasteiger partial charge >= 0.3 is 0 Å². The van der Waals surface area contributed by atoms with E-state index < -0.39 is 25.6 Å². The lowest BCUT2D eigenvalue weighted by molar-refractivity contribution is 0.227. The number of ether oxygens (including phenoxy) is 1. The Kier molecular flexibility index (Phi) is 3.75. The van der Waals surface area contributed by atoms with Crippen LogP contribution < -0.4 is 4.74 Å². The Labute approximate surface area is 96.4 Å². The molecule has 0 bridgehead atoms. The Morgan fingerprint density at radius 1 is 1.25 bits per heavy atom. The molecule has 0 radical (unpaired) electrons. The van der Waals surface area contributed by atoms with Crippen molar-refractivity contribution in [2.24, 2.45) is 0 Å². The van der Waals surface area contributed by atoms with E-state index in [9.17, 15) is 17.2 Å². The molecular formula is C9H9ClF2O3S. The summed E-state index contributed by atoms with van der Waals surface area (Å²) in [5.41, 5.74) is 0. The van der Waals surface area contributed by atoms with Crippen LogP contribution in [0.5, 0.6) is 5.75 Å². The first-order chi connectivity index (χ1) is 7.23. The molecule has 0 aliphatic rings. The van der Waals surface area contributed by atoms with Gasteiger partial charge in [-0.3, -0.25) is 0 Å². The zero-order valence-electron chi connectivity index (χ0n) is 8.50. The van der Waals surface area contributed by atoms with Gasteiger partial charge in [-0.2, -0.15) is 4.39 Å². The van der Waals surface area contributed by atoms with Crippen molar-refractivity contribution in [3.8, 4) is 5.75 Å². The molecule has 0 atom stereocenters. The zero-order valence-corrected chi connectivity index (χ0v) is 10.1. The number of hydrogen-bond donors (Lipinski definition) is 0. The van der Waals surface area contributed by atoms with Gasteiger partial charge in [0.2, 0.25) is 5.82 Å².